The van der Waals surface area contributed by atoms with Gasteiger partial charge in [0.15, 0.2) is 11.5 Å². The molecule has 0 radical (unpaired) electrons. The monoisotopic (exact) mass is 497 g/mol. The van der Waals surface area contributed by atoms with Gasteiger partial charge in [-0.1, -0.05) is 4.31 Å². The van der Waals surface area contributed by atoms with Crippen LogP contribution in [-0.2, 0) is 21.0 Å². The zero-order chi connectivity index (χ0) is 25.3. The maximum Gasteiger partial charge on any atom is 0.451 e. The third kappa shape index (κ3) is 6.90. The Kier molecular flexibility index (Phi) is 7.97. The molecule has 0 aromatic heterocycles. The Hall–Kier alpha value is -1.74. The molecule has 1 unspecified atom stereocenters. The first-order valence-electron chi connectivity index (χ1n) is 12.0. The van der Waals surface area contributed by atoms with Crippen LogP contribution in [0.3, 0.4) is 0 Å². The van der Waals surface area contributed by atoms with Crippen molar-refractivity contribution in [3.63, 3.8) is 0 Å². The van der Waals surface area contributed by atoms with Crippen molar-refractivity contribution in [3.8, 4) is 6.07 Å². The molecule has 2 amide bonds. The minimum atomic E-state index is -1.72. The Morgan fingerprint density at radius 1 is 1.06 bits per heavy atom. The van der Waals surface area contributed by atoms with Gasteiger partial charge in [-0.15, -0.1) is 4.72 Å². The molecule has 0 bridgehead atoms. The third-order valence-electron chi connectivity index (χ3n) is 6.23. The minimum Gasteiger partial charge on any atom is -0.573 e. The smallest absolute Gasteiger partial charge is 0.451 e. The van der Waals surface area contributed by atoms with Gasteiger partial charge >= 0.3 is 12.2 Å². The summed E-state index contributed by atoms with van der Waals surface area (Å²) in [5.41, 5.74) is -1.60. The molecule has 0 aromatic carbocycles. The van der Waals surface area contributed by atoms with E-state index in [2.05, 4.69) is 15.7 Å². The molecular formula is C23H39N5O5S. The lowest BCUT2D eigenvalue weighted by Gasteiger charge is -2.54. The van der Waals surface area contributed by atoms with Crippen molar-refractivity contribution >= 4 is 23.7 Å². The molecule has 11 heteroatoms. The molecule has 10 nitrogen and oxygen atoms in total. The van der Waals surface area contributed by atoms with Gasteiger partial charge in [0.1, 0.15) is 11.2 Å². The fourth-order valence-corrected chi connectivity index (χ4v) is 5.64. The quantitative estimate of drug-likeness (QED) is 0.556. The average molecular weight is 498 g/mol. The summed E-state index contributed by atoms with van der Waals surface area (Å²) in [5, 5.41) is 9.47. The van der Waals surface area contributed by atoms with E-state index in [4.69, 9.17) is 9.47 Å². The van der Waals surface area contributed by atoms with Crippen molar-refractivity contribution in [2.75, 3.05) is 26.2 Å². The number of nitrogens with zero attached hydrogens (tertiary/aromatic N) is 4. The number of ether oxygens (including phenoxy) is 2. The maximum atomic E-state index is 12.8. The summed E-state index contributed by atoms with van der Waals surface area (Å²) >= 11 is -1.72. The van der Waals surface area contributed by atoms with Gasteiger partial charge in [0.2, 0.25) is 0 Å². The summed E-state index contributed by atoms with van der Waals surface area (Å²) in [5.74, 6) is 0. The van der Waals surface area contributed by atoms with Gasteiger partial charge in [-0.3, -0.25) is 4.90 Å². The van der Waals surface area contributed by atoms with E-state index < -0.39 is 34.4 Å². The van der Waals surface area contributed by atoms with Crippen LogP contribution in [0.5, 0.6) is 0 Å². The van der Waals surface area contributed by atoms with Crippen LogP contribution in [0.4, 0.5) is 9.59 Å². The molecule has 2 aliphatic heterocycles. The number of piperidine rings is 1. The molecule has 3 aliphatic rings. The van der Waals surface area contributed by atoms with Crippen LogP contribution in [0.1, 0.15) is 73.6 Å². The number of likely N-dealkylation sites (tertiary alicyclic amines) is 1. The van der Waals surface area contributed by atoms with Gasteiger partial charge < -0.3 is 18.9 Å². The molecule has 0 aromatic rings. The number of carbonyl (C=O) groups is 2. The van der Waals surface area contributed by atoms with Gasteiger partial charge in [-0.25, -0.2) is 9.59 Å². The first-order chi connectivity index (χ1) is 15.7. The number of rotatable bonds is 6. The van der Waals surface area contributed by atoms with Crippen molar-refractivity contribution < 1.29 is 23.6 Å². The topological polar surface area (TPSA) is 121 Å². The Balaban J connectivity index is 1.55. The second kappa shape index (κ2) is 10.1. The number of carbonyl (C=O) groups excluding carboxylic acids is 2. The van der Waals surface area contributed by atoms with Crippen LogP contribution in [-0.4, -0.2) is 85.8 Å². The fraction of sp³-hybridized carbons (Fsp3) is 0.870. The summed E-state index contributed by atoms with van der Waals surface area (Å²) in [6.45, 7) is 13.2. The maximum absolute atomic E-state index is 12.8. The normalized spacial score (nSPS) is 22.8. The Bertz CT molecular complexity index is 787. The molecule has 1 aliphatic carbocycles. The van der Waals surface area contributed by atoms with E-state index in [0.29, 0.717) is 19.5 Å². The van der Waals surface area contributed by atoms with E-state index in [0.717, 1.165) is 38.8 Å². The molecule has 0 spiro atoms. The highest BCUT2D eigenvalue weighted by atomic mass is 32.2. The Morgan fingerprint density at radius 2 is 1.59 bits per heavy atom. The fourth-order valence-electron chi connectivity index (χ4n) is 4.62. The van der Waals surface area contributed by atoms with Crippen molar-refractivity contribution in [2.24, 2.45) is 0 Å². The summed E-state index contributed by atoms with van der Waals surface area (Å²) in [6.07, 6.45) is 3.00. The van der Waals surface area contributed by atoms with E-state index in [-0.39, 0.29) is 18.2 Å². The minimum absolute atomic E-state index is 0.122. The van der Waals surface area contributed by atoms with Crippen LogP contribution in [0, 0.1) is 11.3 Å². The molecule has 2 saturated heterocycles. The van der Waals surface area contributed by atoms with Gasteiger partial charge in [0.25, 0.3) is 0 Å². The van der Waals surface area contributed by atoms with Crippen molar-refractivity contribution in [1.82, 2.24) is 18.8 Å². The van der Waals surface area contributed by atoms with Gasteiger partial charge in [-0.2, -0.15) is 5.26 Å². The molecule has 1 atom stereocenters. The number of nitriles is 1. The second-order valence-corrected chi connectivity index (χ2v) is 12.8. The van der Waals surface area contributed by atoms with Crippen molar-refractivity contribution in [2.45, 2.75) is 102 Å². The first kappa shape index (κ1) is 26.9. The molecular weight excluding hydrogens is 458 g/mol. The standard InChI is InChI=1S/C23H39N5O5S/c1-21(2,3)32-19(29)25-34(31)27-15-23(16-27,11-12-24)26-13-9-18(10-14-26)28(17-7-8-17)20(30)33-22(4,5)6/h17-18H,7-11,13-16H2,1-6H3,(H,25,29). The zero-order valence-electron chi connectivity index (χ0n) is 21.3. The number of nitrogens with one attached hydrogen (secondary N) is 1. The van der Waals surface area contributed by atoms with E-state index >= 15 is 0 Å². The molecule has 34 heavy (non-hydrogen) atoms. The van der Waals surface area contributed by atoms with Crippen molar-refractivity contribution in [3.05, 3.63) is 0 Å². The molecule has 1 saturated carbocycles. The Labute approximate surface area is 206 Å². The summed E-state index contributed by atoms with van der Waals surface area (Å²) in [7, 11) is 0. The molecule has 3 rings (SSSR count). The van der Waals surface area contributed by atoms with Gasteiger partial charge in [-0.05, 0) is 67.2 Å². The highest BCUT2D eigenvalue weighted by molar-refractivity contribution is 7.87. The molecule has 1 N–H and O–H groups in total. The highest BCUT2D eigenvalue weighted by Gasteiger charge is 2.54. The van der Waals surface area contributed by atoms with Crippen molar-refractivity contribution in [1.29, 1.82) is 5.26 Å². The molecule has 3 fully saturated rings. The van der Waals surface area contributed by atoms with Crippen LogP contribution in [0.25, 0.3) is 0 Å². The van der Waals surface area contributed by atoms with Crippen LogP contribution >= 0.6 is 0 Å². The van der Waals surface area contributed by atoms with Gasteiger partial charge in [0.05, 0.1) is 31.1 Å². The highest BCUT2D eigenvalue weighted by Crippen LogP contribution is 2.38. The summed E-state index contributed by atoms with van der Waals surface area (Å²) in [4.78, 5) is 29.0. The lowest BCUT2D eigenvalue weighted by Crippen LogP contribution is -2.73. The summed E-state index contributed by atoms with van der Waals surface area (Å²) < 4.78 is 27.4. The predicted molar refractivity (Wildman–Crippen MR) is 128 cm³/mol. The lowest BCUT2D eigenvalue weighted by atomic mass is 9.84. The summed E-state index contributed by atoms with van der Waals surface area (Å²) in [6, 6.07) is 2.67. The van der Waals surface area contributed by atoms with Gasteiger partial charge in [0, 0.05) is 25.2 Å². The van der Waals surface area contributed by atoms with E-state index in [1.165, 1.54) is 0 Å². The Morgan fingerprint density at radius 3 is 2.06 bits per heavy atom. The third-order valence-corrected chi connectivity index (χ3v) is 7.30. The zero-order valence-corrected chi connectivity index (χ0v) is 22.1. The second-order valence-electron chi connectivity index (χ2n) is 11.5. The van der Waals surface area contributed by atoms with Crippen LogP contribution < -0.4 is 4.72 Å². The number of amides is 2. The lowest BCUT2D eigenvalue weighted by molar-refractivity contribution is -0.0414. The molecule has 2 heterocycles. The van der Waals surface area contributed by atoms with E-state index in [1.54, 1.807) is 25.1 Å². The average Bonchev–Trinajstić information content (AvgIpc) is 3.47. The SMILES string of the molecule is CC(C)(C)OC(=O)N[S+]([O-])N1CC(CC#N)(N2CCC(N(C(=O)OC(C)(C)C)C3CC3)CC2)C1. The van der Waals surface area contributed by atoms with Crippen LogP contribution in [0.15, 0.2) is 0 Å². The van der Waals surface area contributed by atoms with E-state index in [1.807, 2.05) is 25.7 Å². The van der Waals surface area contributed by atoms with Crippen LogP contribution in [0.2, 0.25) is 0 Å². The first-order valence-corrected chi connectivity index (χ1v) is 13.1. The number of hydrogen-bond acceptors (Lipinski definition) is 8. The largest absolute Gasteiger partial charge is 0.573 e. The van der Waals surface area contributed by atoms with E-state index in [9.17, 15) is 19.4 Å². The predicted octanol–water partition coefficient (Wildman–Crippen LogP) is 2.92. The molecule has 192 valence electrons. The number of hydrogen-bond donors (Lipinski definition) is 1.